The van der Waals surface area contributed by atoms with E-state index in [0.717, 1.165) is 57.9 Å². The highest BCUT2D eigenvalue weighted by Gasteiger charge is 2.44. The van der Waals surface area contributed by atoms with E-state index in [-0.39, 0.29) is 22.3 Å². The Morgan fingerprint density at radius 1 is 0.826 bits per heavy atom. The Labute approximate surface area is 278 Å². The van der Waals surface area contributed by atoms with Crippen molar-refractivity contribution in [2.45, 2.75) is 64.2 Å². The molecule has 0 unspecified atom stereocenters. The van der Waals surface area contributed by atoms with Gasteiger partial charge in [-0.05, 0) is 62.0 Å². The maximum atomic E-state index is 11.4. The maximum absolute atomic E-state index is 11.4. The van der Waals surface area contributed by atoms with E-state index in [2.05, 4.69) is 73.6 Å². The molecule has 0 amide bonds. The lowest BCUT2D eigenvalue weighted by Crippen LogP contribution is -2.28. The molecule has 2 N–H and O–H groups in total. The lowest BCUT2D eigenvalue weighted by Gasteiger charge is -2.27. The zero-order chi connectivity index (χ0) is 33.5. The molecule has 246 valence electrons. The van der Waals surface area contributed by atoms with Gasteiger partial charge >= 0.3 is 0 Å². The monoisotopic (exact) mass is 685 g/mol. The number of halogens is 1. The van der Waals surface area contributed by atoms with Gasteiger partial charge in [0.2, 0.25) is 5.69 Å². The third-order valence-electron chi connectivity index (χ3n) is 9.28. The van der Waals surface area contributed by atoms with Crippen LogP contribution in [0.1, 0.15) is 64.5 Å². The Balaban J connectivity index is 1.44. The minimum Gasteiger partial charge on any atom is -0.344 e. The molecule has 2 aromatic rings. The zero-order valence-corrected chi connectivity index (χ0v) is 29.1. The molecule has 0 spiro atoms. The fourth-order valence-electron chi connectivity index (χ4n) is 6.94. The normalized spacial score (nSPS) is 20.9. The average Bonchev–Trinajstić information content (AvgIpc) is 3.50. The molecule has 0 aromatic heterocycles. The van der Waals surface area contributed by atoms with E-state index < -0.39 is 20.2 Å². The van der Waals surface area contributed by atoms with Crippen LogP contribution in [0.25, 0.3) is 0 Å². The van der Waals surface area contributed by atoms with Crippen molar-refractivity contribution in [2.24, 2.45) is 0 Å². The highest BCUT2D eigenvalue weighted by molar-refractivity contribution is 7.86. The van der Waals surface area contributed by atoms with Gasteiger partial charge in [-0.25, -0.2) is 0 Å². The predicted octanol–water partition coefficient (Wildman–Crippen LogP) is 7.07. The number of hydrogen-bond acceptors (Lipinski definition) is 5. The van der Waals surface area contributed by atoms with Crippen molar-refractivity contribution in [1.82, 2.24) is 0 Å². The minimum atomic E-state index is -4.05. The van der Waals surface area contributed by atoms with Crippen LogP contribution in [0, 0.1) is 0 Å². The summed E-state index contributed by atoms with van der Waals surface area (Å²) in [6.45, 7) is 9.51. The van der Waals surface area contributed by atoms with Gasteiger partial charge in [0.25, 0.3) is 20.2 Å². The van der Waals surface area contributed by atoms with Crippen LogP contribution >= 0.6 is 11.6 Å². The Morgan fingerprint density at radius 2 is 1.46 bits per heavy atom. The smallest absolute Gasteiger partial charge is 0.265 e. The van der Waals surface area contributed by atoms with E-state index in [1.54, 1.807) is 0 Å². The first kappa shape index (κ1) is 34.3. The van der Waals surface area contributed by atoms with Gasteiger partial charge < -0.3 is 4.90 Å². The number of rotatable bonds is 11. The maximum Gasteiger partial charge on any atom is 0.265 e. The molecule has 0 saturated carbocycles. The number of fused-ring (bicyclic) bond motifs is 2. The zero-order valence-electron chi connectivity index (χ0n) is 26.7. The number of anilines is 1. The Bertz CT molecular complexity index is 1920. The molecule has 2 heterocycles. The number of benzene rings is 2. The highest BCUT2D eigenvalue weighted by atomic mass is 35.5. The molecule has 0 saturated heterocycles. The van der Waals surface area contributed by atoms with Crippen molar-refractivity contribution in [1.29, 1.82) is 0 Å². The van der Waals surface area contributed by atoms with Crippen molar-refractivity contribution in [3.8, 4) is 0 Å². The second kappa shape index (κ2) is 12.9. The van der Waals surface area contributed by atoms with Crippen molar-refractivity contribution < 1.29 is 30.5 Å². The van der Waals surface area contributed by atoms with Gasteiger partial charge in [0, 0.05) is 52.5 Å². The molecule has 0 radical (unpaired) electrons. The second-order valence-corrected chi connectivity index (χ2v) is 16.7. The SMILES string of the molecule is CC1(C)C(=CC=C2CCC(C=CC3=[N+](CCCS(=O)(=O)O)c4ccccc4C3(C)C)=C2Cl)N(CCCS(=O)(=O)O)c2ccccc21. The van der Waals surface area contributed by atoms with Gasteiger partial charge in [-0.1, -0.05) is 74.0 Å². The minimum absolute atomic E-state index is 0.290. The summed E-state index contributed by atoms with van der Waals surface area (Å²) in [4.78, 5) is 2.14. The van der Waals surface area contributed by atoms with Crippen molar-refractivity contribution in [2.75, 3.05) is 29.5 Å². The number of nitrogens with zero attached hydrogens (tertiary/aromatic N) is 2. The molecule has 0 atom stereocenters. The molecule has 2 aromatic carbocycles. The average molecular weight is 686 g/mol. The molecule has 3 aliphatic rings. The van der Waals surface area contributed by atoms with Crippen LogP contribution in [0.4, 0.5) is 11.4 Å². The van der Waals surface area contributed by atoms with Gasteiger partial charge in [0.1, 0.15) is 6.54 Å². The molecule has 46 heavy (non-hydrogen) atoms. The van der Waals surface area contributed by atoms with E-state index in [0.29, 0.717) is 31.0 Å². The molecule has 0 bridgehead atoms. The van der Waals surface area contributed by atoms with Gasteiger partial charge in [-0.15, -0.1) is 0 Å². The summed E-state index contributed by atoms with van der Waals surface area (Å²) in [5.74, 6) is -0.604. The van der Waals surface area contributed by atoms with E-state index in [9.17, 15) is 25.9 Å². The third kappa shape index (κ3) is 7.11. The summed E-state index contributed by atoms with van der Waals surface area (Å²) in [6, 6.07) is 16.2. The van der Waals surface area contributed by atoms with Crippen molar-refractivity contribution >= 4 is 48.9 Å². The summed E-state index contributed by atoms with van der Waals surface area (Å²) in [7, 11) is -8.11. The van der Waals surface area contributed by atoms with E-state index in [1.807, 2.05) is 36.4 Å². The molecule has 2 aliphatic heterocycles. The van der Waals surface area contributed by atoms with E-state index >= 15 is 0 Å². The predicted molar refractivity (Wildman–Crippen MR) is 186 cm³/mol. The fraction of sp³-hybridized carbons (Fsp3) is 0.400. The van der Waals surface area contributed by atoms with Gasteiger partial charge in [-0.2, -0.15) is 21.4 Å². The number of para-hydroxylation sites is 2. The quantitative estimate of drug-likeness (QED) is 0.192. The van der Waals surface area contributed by atoms with Crippen LogP contribution in [0.2, 0.25) is 0 Å². The Kier molecular flexibility index (Phi) is 9.61. The fourth-order valence-corrected chi connectivity index (χ4v) is 8.24. The van der Waals surface area contributed by atoms with Crippen LogP contribution in [0.5, 0.6) is 0 Å². The summed E-state index contributed by atoms with van der Waals surface area (Å²) >= 11 is 6.98. The summed E-state index contributed by atoms with van der Waals surface area (Å²) in [5.41, 5.74) is 7.83. The summed E-state index contributed by atoms with van der Waals surface area (Å²) in [6.07, 6.45) is 10.4. The van der Waals surface area contributed by atoms with Crippen LogP contribution in [0.3, 0.4) is 0 Å². The molecule has 5 rings (SSSR count). The molecule has 11 heteroatoms. The molecule has 0 fully saturated rings. The van der Waals surface area contributed by atoms with Crippen molar-refractivity contribution in [3.63, 3.8) is 0 Å². The first-order valence-corrected chi connectivity index (χ1v) is 19.1. The lowest BCUT2D eigenvalue weighted by atomic mass is 9.81. The molecule has 1 aliphatic carbocycles. The third-order valence-corrected chi connectivity index (χ3v) is 11.4. The van der Waals surface area contributed by atoms with Crippen molar-refractivity contribution in [3.05, 3.63) is 106 Å². The Morgan fingerprint density at radius 3 is 2.15 bits per heavy atom. The van der Waals surface area contributed by atoms with Crippen LogP contribution < -0.4 is 4.90 Å². The largest absolute Gasteiger partial charge is 0.344 e. The highest BCUT2D eigenvalue weighted by Crippen LogP contribution is 2.48. The second-order valence-electron chi connectivity index (χ2n) is 13.2. The summed E-state index contributed by atoms with van der Waals surface area (Å²) < 4.78 is 66.4. The van der Waals surface area contributed by atoms with Gasteiger partial charge in [0.15, 0.2) is 5.71 Å². The lowest BCUT2D eigenvalue weighted by molar-refractivity contribution is -0.437. The summed E-state index contributed by atoms with van der Waals surface area (Å²) in [5, 5.41) is 0.700. The topological polar surface area (TPSA) is 115 Å². The van der Waals surface area contributed by atoms with Crippen LogP contribution in [0.15, 0.2) is 94.7 Å². The number of allylic oxidation sites excluding steroid dienone is 8. The first-order chi connectivity index (χ1) is 21.5. The van der Waals surface area contributed by atoms with Gasteiger partial charge in [-0.3, -0.25) is 9.11 Å². The van der Waals surface area contributed by atoms with E-state index in [4.69, 9.17) is 11.6 Å². The first-order valence-electron chi connectivity index (χ1n) is 15.5. The standard InChI is InChI=1S/C35H41ClN2O6S2/c1-34(2)27-11-5-7-13-29(27)37(21-9-23-45(39,40)41)31(34)19-17-25-15-16-26(33(25)36)18-20-32-35(3,4)28-12-6-8-14-30(28)38(32)22-10-24-46(42,43)44/h5-8,11-14,17-20H,9-10,15-16,21-24H2,1-4H3,(H-,39,40,41,42,43,44)/p+1. The molecular weight excluding hydrogens is 644 g/mol. The van der Waals surface area contributed by atoms with Gasteiger partial charge in [0.05, 0.1) is 16.9 Å². The van der Waals surface area contributed by atoms with Crippen LogP contribution in [-0.4, -0.2) is 60.8 Å². The Hall–Kier alpha value is -3.02. The number of hydrogen-bond donors (Lipinski definition) is 2. The molecule has 8 nitrogen and oxygen atoms in total. The van der Waals surface area contributed by atoms with E-state index in [1.165, 1.54) is 0 Å². The molecular formula is C35H42ClN2O6S2+. The van der Waals surface area contributed by atoms with Crippen LogP contribution in [-0.2, 0) is 31.1 Å².